The second-order valence-electron chi connectivity index (χ2n) is 6.19. The molecule has 0 aromatic rings. The minimum Gasteiger partial charge on any atom is -0.458 e. The predicted octanol–water partition coefficient (Wildman–Crippen LogP) is 1.53. The third-order valence-electron chi connectivity index (χ3n) is 4.40. The van der Waals surface area contributed by atoms with E-state index in [2.05, 4.69) is 18.0 Å². The van der Waals surface area contributed by atoms with Crippen LogP contribution in [-0.4, -0.2) is 46.7 Å². The molecule has 0 bridgehead atoms. The number of fused-ring (bicyclic) bond motifs is 1. The van der Waals surface area contributed by atoms with Gasteiger partial charge in [-0.15, -0.1) is 0 Å². The third-order valence-corrected chi connectivity index (χ3v) is 4.40. The fourth-order valence-corrected chi connectivity index (χ4v) is 3.10. The van der Waals surface area contributed by atoms with E-state index in [0.717, 1.165) is 0 Å². The van der Waals surface area contributed by atoms with Crippen LogP contribution in [0.4, 0.5) is 0 Å². The molecule has 0 unspecified atom stereocenters. The van der Waals surface area contributed by atoms with Crippen molar-refractivity contribution in [2.75, 3.05) is 0 Å². The number of hydrogen-bond donors (Lipinski definition) is 2. The Kier molecular flexibility index (Phi) is 5.58. The highest BCUT2D eigenvalue weighted by molar-refractivity contribution is 5.91. The van der Waals surface area contributed by atoms with E-state index in [1.807, 2.05) is 0 Å². The van der Waals surface area contributed by atoms with Crippen LogP contribution in [0.2, 0.25) is 0 Å². The van der Waals surface area contributed by atoms with Crippen LogP contribution in [0.25, 0.3) is 0 Å². The molecule has 0 aromatic heterocycles. The van der Waals surface area contributed by atoms with Crippen molar-refractivity contribution in [3.63, 3.8) is 0 Å². The lowest BCUT2D eigenvalue weighted by atomic mass is 9.83. The van der Waals surface area contributed by atoms with E-state index in [0.29, 0.717) is 11.1 Å². The summed E-state index contributed by atoms with van der Waals surface area (Å²) >= 11 is 0. The number of carbonyl (C=O) groups is 2. The number of aliphatic hydroxyl groups excluding tert-OH is 1. The zero-order chi connectivity index (χ0) is 18.0. The summed E-state index contributed by atoms with van der Waals surface area (Å²) in [5, 5.41) is 19.6. The van der Waals surface area contributed by atoms with Crippen LogP contribution in [0.5, 0.6) is 0 Å². The van der Waals surface area contributed by atoms with Gasteiger partial charge >= 0.3 is 11.9 Å². The van der Waals surface area contributed by atoms with Crippen LogP contribution < -0.4 is 0 Å². The maximum Gasteiger partial charge on any atom is 0.334 e. The van der Waals surface area contributed by atoms with Crippen molar-refractivity contribution in [2.24, 2.45) is 5.92 Å². The molecule has 2 aliphatic rings. The topological polar surface area (TPSA) is 102 Å². The highest BCUT2D eigenvalue weighted by atomic mass is 17.1. The molecule has 24 heavy (non-hydrogen) atoms. The fraction of sp³-hybridized carbons (Fsp3) is 0.529. The van der Waals surface area contributed by atoms with E-state index < -0.39 is 42.3 Å². The maximum absolute atomic E-state index is 11.8. The lowest BCUT2D eigenvalue weighted by Crippen LogP contribution is -2.34. The minimum atomic E-state index is -0.964. The van der Waals surface area contributed by atoms with Gasteiger partial charge in [-0.25, -0.2) is 9.68 Å². The Bertz CT molecular complexity index is 592. The summed E-state index contributed by atoms with van der Waals surface area (Å²) in [7, 11) is 0. The van der Waals surface area contributed by atoms with Gasteiger partial charge in [0.25, 0.3) is 0 Å². The second-order valence-corrected chi connectivity index (χ2v) is 6.19. The molecule has 0 spiro atoms. The van der Waals surface area contributed by atoms with Crippen LogP contribution in [0, 0.1) is 5.92 Å². The molecule has 5 atom stereocenters. The standard InChI is InChI=1S/C17H22O7/c1-8-5-12(19)16-10(3)17(20)23-15(16)6-9(2)13(22-11(4)18)7-14(8)24-21/h6,12-16,19,21H,1,3,5,7H2,2,4H3/b9-6+/t12-,13+,14-,15-,16-/m1/s1. The Labute approximate surface area is 140 Å². The van der Waals surface area contributed by atoms with E-state index in [-0.39, 0.29) is 18.4 Å². The molecular formula is C17H22O7. The Morgan fingerprint density at radius 3 is 2.62 bits per heavy atom. The fourth-order valence-electron chi connectivity index (χ4n) is 3.10. The van der Waals surface area contributed by atoms with E-state index in [4.69, 9.17) is 14.7 Å². The van der Waals surface area contributed by atoms with Crippen molar-refractivity contribution < 1.29 is 34.3 Å². The second kappa shape index (κ2) is 7.29. The maximum atomic E-state index is 11.8. The summed E-state index contributed by atoms with van der Waals surface area (Å²) < 4.78 is 10.5. The van der Waals surface area contributed by atoms with Crippen molar-refractivity contribution in [2.45, 2.75) is 51.1 Å². The number of ether oxygens (including phenoxy) is 2. The molecule has 0 saturated carbocycles. The largest absolute Gasteiger partial charge is 0.458 e. The van der Waals surface area contributed by atoms with Crippen molar-refractivity contribution >= 4 is 11.9 Å². The van der Waals surface area contributed by atoms with Crippen molar-refractivity contribution in [1.29, 1.82) is 0 Å². The summed E-state index contributed by atoms with van der Waals surface area (Å²) in [5.74, 6) is -1.70. The van der Waals surface area contributed by atoms with Gasteiger partial charge in [-0.3, -0.25) is 10.1 Å². The van der Waals surface area contributed by atoms with Gasteiger partial charge in [0, 0.05) is 18.9 Å². The van der Waals surface area contributed by atoms with Gasteiger partial charge in [-0.2, -0.15) is 0 Å². The summed E-state index contributed by atoms with van der Waals surface area (Å²) in [6.07, 6.45) is -1.31. The summed E-state index contributed by atoms with van der Waals surface area (Å²) in [6.45, 7) is 10.5. The average molecular weight is 338 g/mol. The molecule has 0 radical (unpaired) electrons. The molecule has 2 rings (SSSR count). The van der Waals surface area contributed by atoms with Crippen LogP contribution in [0.15, 0.2) is 36.0 Å². The van der Waals surface area contributed by atoms with Gasteiger partial charge in [0.05, 0.1) is 12.0 Å². The molecular weight excluding hydrogens is 316 g/mol. The molecule has 7 heteroatoms. The quantitative estimate of drug-likeness (QED) is 0.259. The number of rotatable bonds is 2. The minimum absolute atomic E-state index is 0.0851. The van der Waals surface area contributed by atoms with E-state index in [1.165, 1.54) is 6.92 Å². The van der Waals surface area contributed by atoms with Gasteiger partial charge in [-0.05, 0) is 30.6 Å². The lowest BCUT2D eigenvalue weighted by Gasteiger charge is -2.29. The number of aliphatic hydroxyl groups is 1. The molecule has 2 N–H and O–H groups in total. The molecule has 0 aromatic carbocycles. The summed E-state index contributed by atoms with van der Waals surface area (Å²) in [6, 6.07) is 0. The van der Waals surface area contributed by atoms with Gasteiger partial charge in [0.15, 0.2) is 0 Å². The summed E-state index contributed by atoms with van der Waals surface area (Å²) in [5.41, 5.74) is 1.21. The Balaban J connectivity index is 2.42. The summed E-state index contributed by atoms with van der Waals surface area (Å²) in [4.78, 5) is 27.6. The average Bonchev–Trinajstić information content (AvgIpc) is 2.76. The van der Waals surface area contributed by atoms with Crippen molar-refractivity contribution in [3.05, 3.63) is 36.0 Å². The lowest BCUT2D eigenvalue weighted by molar-refractivity contribution is -0.273. The van der Waals surface area contributed by atoms with E-state index in [1.54, 1.807) is 13.0 Å². The Morgan fingerprint density at radius 2 is 2.04 bits per heavy atom. The monoisotopic (exact) mass is 338 g/mol. The van der Waals surface area contributed by atoms with Crippen molar-refractivity contribution in [1.82, 2.24) is 0 Å². The van der Waals surface area contributed by atoms with Crippen LogP contribution in [0.1, 0.15) is 26.7 Å². The normalized spacial score (nSPS) is 36.4. The van der Waals surface area contributed by atoms with Crippen LogP contribution in [0.3, 0.4) is 0 Å². The molecule has 7 nitrogen and oxygen atoms in total. The molecule has 1 fully saturated rings. The molecule has 132 valence electrons. The van der Waals surface area contributed by atoms with Gasteiger partial charge in [0.1, 0.15) is 18.3 Å². The number of esters is 2. The highest BCUT2D eigenvalue weighted by Crippen LogP contribution is 2.36. The zero-order valence-electron chi connectivity index (χ0n) is 13.7. The van der Waals surface area contributed by atoms with Gasteiger partial charge < -0.3 is 14.6 Å². The molecule has 1 aliphatic heterocycles. The smallest absolute Gasteiger partial charge is 0.334 e. The van der Waals surface area contributed by atoms with Crippen molar-refractivity contribution in [3.8, 4) is 0 Å². The van der Waals surface area contributed by atoms with E-state index in [9.17, 15) is 14.7 Å². The predicted molar refractivity (Wildman–Crippen MR) is 83.7 cm³/mol. The van der Waals surface area contributed by atoms with Gasteiger partial charge in [-0.1, -0.05) is 13.2 Å². The molecule has 1 aliphatic carbocycles. The first kappa shape index (κ1) is 18.4. The number of carbonyl (C=O) groups excluding carboxylic acids is 2. The Morgan fingerprint density at radius 1 is 1.38 bits per heavy atom. The Hall–Kier alpha value is -1.96. The van der Waals surface area contributed by atoms with Crippen LogP contribution >= 0.6 is 0 Å². The SMILES string of the molecule is C=C1C(=O)O[C@@H]2/C=C(\C)[C@@H](OC(C)=O)C[C@@H](OO)C(=C)C[C@@H](O)[C@@H]12. The first-order chi connectivity index (χ1) is 11.2. The van der Waals surface area contributed by atoms with Gasteiger partial charge in [0.2, 0.25) is 0 Å². The number of hydrogen-bond acceptors (Lipinski definition) is 7. The first-order valence-corrected chi connectivity index (χ1v) is 7.65. The zero-order valence-corrected chi connectivity index (χ0v) is 13.7. The van der Waals surface area contributed by atoms with E-state index >= 15 is 0 Å². The third kappa shape index (κ3) is 3.75. The molecule has 1 saturated heterocycles. The molecule has 1 heterocycles. The van der Waals surface area contributed by atoms with Crippen LogP contribution in [-0.2, 0) is 24.0 Å². The molecule has 0 amide bonds. The highest BCUT2D eigenvalue weighted by Gasteiger charge is 2.43. The first-order valence-electron chi connectivity index (χ1n) is 7.65.